The van der Waals surface area contributed by atoms with Gasteiger partial charge in [0.15, 0.2) is 0 Å². The quantitative estimate of drug-likeness (QED) is 0.719. The maximum Gasteiger partial charge on any atom is 0.322 e. The first kappa shape index (κ1) is 19.1. The minimum atomic E-state index is -0.122. The molecule has 0 atom stereocenters. The van der Waals surface area contributed by atoms with E-state index in [4.69, 9.17) is 9.47 Å². The summed E-state index contributed by atoms with van der Waals surface area (Å²) in [5.74, 6) is 1.25. The molecule has 0 unspecified atom stereocenters. The van der Waals surface area contributed by atoms with Crippen LogP contribution in [0.1, 0.15) is 5.69 Å². The van der Waals surface area contributed by atoms with Gasteiger partial charge in [0.1, 0.15) is 17.1 Å². The second kappa shape index (κ2) is 8.40. The van der Waals surface area contributed by atoms with Gasteiger partial charge in [-0.3, -0.25) is 4.90 Å². The van der Waals surface area contributed by atoms with Crippen molar-refractivity contribution in [3.8, 4) is 11.5 Å². The molecule has 0 bridgehead atoms. The molecule has 0 radical (unpaired) electrons. The van der Waals surface area contributed by atoms with E-state index in [0.717, 1.165) is 31.0 Å². The summed E-state index contributed by atoms with van der Waals surface area (Å²) in [5, 5.41) is 2.94. The Morgan fingerprint density at radius 1 is 1.10 bits per heavy atom. The molecule has 1 aromatic carbocycles. The number of carbonyl (C=O) groups excluding carboxylic acids is 1. The lowest BCUT2D eigenvalue weighted by Gasteiger charge is -2.34. The Hall–Kier alpha value is -3.26. The molecule has 2 aromatic heterocycles. The molecule has 0 saturated carbocycles. The molecule has 1 fully saturated rings. The molecular formula is C21H25N5O3. The minimum absolute atomic E-state index is 0.122. The van der Waals surface area contributed by atoms with E-state index >= 15 is 0 Å². The first-order valence-corrected chi connectivity index (χ1v) is 9.59. The maximum atomic E-state index is 12.7. The van der Waals surface area contributed by atoms with Crippen molar-refractivity contribution >= 4 is 17.4 Å². The molecule has 1 aliphatic rings. The number of ether oxygens (including phenoxy) is 2. The normalized spacial score (nSPS) is 14.8. The number of benzene rings is 1. The Labute approximate surface area is 169 Å². The van der Waals surface area contributed by atoms with Gasteiger partial charge >= 0.3 is 6.03 Å². The zero-order valence-corrected chi connectivity index (χ0v) is 16.7. The molecule has 8 nitrogen and oxygen atoms in total. The number of rotatable bonds is 5. The van der Waals surface area contributed by atoms with Crippen LogP contribution in [-0.4, -0.2) is 65.6 Å². The van der Waals surface area contributed by atoms with Crippen molar-refractivity contribution in [2.75, 3.05) is 45.7 Å². The summed E-state index contributed by atoms with van der Waals surface area (Å²) >= 11 is 0. The molecule has 29 heavy (non-hydrogen) atoms. The van der Waals surface area contributed by atoms with Gasteiger partial charge in [-0.25, -0.2) is 9.78 Å². The minimum Gasteiger partial charge on any atom is -0.497 e. The molecule has 2 amide bonds. The van der Waals surface area contributed by atoms with Crippen LogP contribution in [-0.2, 0) is 6.54 Å². The average Bonchev–Trinajstić information content (AvgIpc) is 3.17. The van der Waals surface area contributed by atoms with Gasteiger partial charge in [0.25, 0.3) is 0 Å². The molecule has 0 aliphatic carbocycles. The highest BCUT2D eigenvalue weighted by Gasteiger charge is 2.22. The summed E-state index contributed by atoms with van der Waals surface area (Å²) in [5.41, 5.74) is 2.74. The largest absolute Gasteiger partial charge is 0.497 e. The molecule has 1 aliphatic heterocycles. The van der Waals surface area contributed by atoms with Crippen LogP contribution in [0.2, 0.25) is 0 Å². The Bertz CT molecular complexity index is 995. The molecule has 4 rings (SSSR count). The number of nitrogens with one attached hydrogen (secondary N) is 1. The van der Waals surface area contributed by atoms with Crippen molar-refractivity contribution in [2.45, 2.75) is 6.54 Å². The number of hydrogen-bond acceptors (Lipinski definition) is 5. The summed E-state index contributed by atoms with van der Waals surface area (Å²) < 4.78 is 12.7. The van der Waals surface area contributed by atoms with E-state index in [-0.39, 0.29) is 6.03 Å². The van der Waals surface area contributed by atoms with E-state index in [1.54, 1.807) is 32.4 Å². The fourth-order valence-electron chi connectivity index (χ4n) is 3.54. The van der Waals surface area contributed by atoms with Crippen molar-refractivity contribution < 1.29 is 14.3 Å². The van der Waals surface area contributed by atoms with E-state index in [9.17, 15) is 4.79 Å². The van der Waals surface area contributed by atoms with Crippen molar-refractivity contribution in [1.82, 2.24) is 19.2 Å². The van der Waals surface area contributed by atoms with Gasteiger partial charge in [0, 0.05) is 45.0 Å². The summed E-state index contributed by atoms with van der Waals surface area (Å²) in [6.45, 7) is 3.77. The molecule has 8 heteroatoms. The zero-order chi connectivity index (χ0) is 20.2. The standard InChI is InChI=1S/C21H25N5O3/c1-28-17-6-7-18(19(13-17)29-2)23-21(27)25-11-9-24(10-12-25)15-16-14-22-20-5-3-4-8-26(16)20/h3-8,13-14H,9-12,15H2,1-2H3,(H,23,27). The second-order valence-corrected chi connectivity index (χ2v) is 6.94. The molecule has 1 saturated heterocycles. The monoisotopic (exact) mass is 395 g/mol. The van der Waals surface area contributed by atoms with Gasteiger partial charge in [-0.05, 0) is 24.3 Å². The third-order valence-electron chi connectivity index (χ3n) is 5.19. The molecule has 3 heterocycles. The molecule has 0 spiro atoms. The van der Waals surface area contributed by atoms with Crippen LogP contribution in [0, 0.1) is 0 Å². The van der Waals surface area contributed by atoms with Gasteiger partial charge in [-0.2, -0.15) is 0 Å². The Morgan fingerprint density at radius 3 is 2.69 bits per heavy atom. The lowest BCUT2D eigenvalue weighted by atomic mass is 10.2. The van der Waals surface area contributed by atoms with Crippen LogP contribution in [0.15, 0.2) is 48.8 Å². The van der Waals surface area contributed by atoms with E-state index in [0.29, 0.717) is 30.3 Å². The lowest BCUT2D eigenvalue weighted by Crippen LogP contribution is -2.49. The molecule has 152 valence electrons. The SMILES string of the molecule is COc1ccc(NC(=O)N2CCN(Cc3cnc4ccccn34)CC2)c(OC)c1. The molecule has 1 N–H and O–H groups in total. The third-order valence-corrected chi connectivity index (χ3v) is 5.19. The van der Waals surface area contributed by atoms with Crippen molar-refractivity contribution in [3.05, 3.63) is 54.5 Å². The number of anilines is 1. The number of hydrogen-bond donors (Lipinski definition) is 1. The van der Waals surface area contributed by atoms with Crippen LogP contribution in [0.25, 0.3) is 5.65 Å². The van der Waals surface area contributed by atoms with Crippen LogP contribution < -0.4 is 14.8 Å². The van der Waals surface area contributed by atoms with E-state index < -0.39 is 0 Å². The number of nitrogens with zero attached hydrogens (tertiary/aromatic N) is 4. The molecular weight excluding hydrogens is 370 g/mol. The zero-order valence-electron chi connectivity index (χ0n) is 16.7. The Kier molecular flexibility index (Phi) is 5.53. The van der Waals surface area contributed by atoms with E-state index in [1.165, 1.54) is 0 Å². The first-order chi connectivity index (χ1) is 14.2. The van der Waals surface area contributed by atoms with Crippen LogP contribution in [0.3, 0.4) is 0 Å². The highest BCUT2D eigenvalue weighted by atomic mass is 16.5. The molecule has 3 aromatic rings. The fraction of sp³-hybridized carbons (Fsp3) is 0.333. The topological polar surface area (TPSA) is 71.3 Å². The van der Waals surface area contributed by atoms with Gasteiger partial charge in [0.05, 0.1) is 31.8 Å². The summed E-state index contributed by atoms with van der Waals surface area (Å²) in [4.78, 5) is 21.3. The smallest absolute Gasteiger partial charge is 0.322 e. The highest BCUT2D eigenvalue weighted by Crippen LogP contribution is 2.29. The van der Waals surface area contributed by atoms with Crippen LogP contribution in [0.5, 0.6) is 11.5 Å². The van der Waals surface area contributed by atoms with Gasteiger partial charge < -0.3 is 24.1 Å². The number of pyridine rings is 1. The van der Waals surface area contributed by atoms with Gasteiger partial charge in [-0.1, -0.05) is 6.07 Å². The number of imidazole rings is 1. The fourth-order valence-corrected chi connectivity index (χ4v) is 3.54. The predicted molar refractivity (Wildman–Crippen MR) is 111 cm³/mol. The second-order valence-electron chi connectivity index (χ2n) is 6.94. The number of methoxy groups -OCH3 is 2. The Morgan fingerprint density at radius 2 is 1.93 bits per heavy atom. The summed E-state index contributed by atoms with van der Waals surface area (Å²) in [7, 11) is 3.17. The van der Waals surface area contributed by atoms with E-state index in [2.05, 4.69) is 19.6 Å². The number of amides is 2. The van der Waals surface area contributed by atoms with Gasteiger partial charge in [0.2, 0.25) is 0 Å². The number of aromatic nitrogens is 2. The number of fused-ring (bicyclic) bond motifs is 1. The van der Waals surface area contributed by atoms with Crippen LogP contribution >= 0.6 is 0 Å². The lowest BCUT2D eigenvalue weighted by molar-refractivity contribution is 0.142. The summed E-state index contributed by atoms with van der Waals surface area (Å²) in [6, 6.07) is 11.2. The van der Waals surface area contributed by atoms with Crippen LogP contribution in [0.4, 0.5) is 10.5 Å². The first-order valence-electron chi connectivity index (χ1n) is 9.59. The van der Waals surface area contributed by atoms with Gasteiger partial charge in [-0.15, -0.1) is 0 Å². The number of piperazine rings is 1. The van der Waals surface area contributed by atoms with Crippen molar-refractivity contribution in [2.24, 2.45) is 0 Å². The van der Waals surface area contributed by atoms with E-state index in [1.807, 2.05) is 35.5 Å². The summed E-state index contributed by atoms with van der Waals surface area (Å²) in [6.07, 6.45) is 3.95. The Balaban J connectivity index is 1.34. The van der Waals surface area contributed by atoms with Crippen molar-refractivity contribution in [1.29, 1.82) is 0 Å². The van der Waals surface area contributed by atoms with Crippen molar-refractivity contribution in [3.63, 3.8) is 0 Å². The third kappa shape index (κ3) is 4.12. The average molecular weight is 395 g/mol. The predicted octanol–water partition coefficient (Wildman–Crippen LogP) is 2.70. The number of carbonyl (C=O) groups is 1. The maximum absolute atomic E-state index is 12.7. The number of urea groups is 1. The highest BCUT2D eigenvalue weighted by molar-refractivity contribution is 5.91.